The summed E-state index contributed by atoms with van der Waals surface area (Å²) in [6, 6.07) is 0.472. The third-order valence-corrected chi connectivity index (χ3v) is 2.88. The average Bonchev–Trinajstić information content (AvgIpc) is 2.76. The summed E-state index contributed by atoms with van der Waals surface area (Å²) in [4.78, 5) is 8.06. The number of aryl methyl sites for hydroxylation is 2. The Morgan fingerprint density at radius 2 is 2.36 bits per heavy atom. The minimum absolute atomic E-state index is 0.472. The number of rotatable bonds is 3. The summed E-state index contributed by atoms with van der Waals surface area (Å²) in [6.07, 6.45) is 4.75. The lowest BCUT2D eigenvalue weighted by Gasteiger charge is -2.04. The second-order valence-corrected chi connectivity index (χ2v) is 4.09. The molecule has 0 amide bonds. The van der Waals surface area contributed by atoms with Crippen molar-refractivity contribution in [1.82, 2.24) is 15.3 Å². The molecule has 3 nitrogen and oxygen atoms in total. The number of hydrogen-bond acceptors (Lipinski definition) is 2. The van der Waals surface area contributed by atoms with Crippen LogP contribution in [0, 0.1) is 6.92 Å². The number of aromatic nitrogens is 2. The number of hydrogen-bond donors (Lipinski definition) is 2. The van der Waals surface area contributed by atoms with Crippen molar-refractivity contribution in [2.75, 3.05) is 6.54 Å². The van der Waals surface area contributed by atoms with Gasteiger partial charge in [-0.3, -0.25) is 0 Å². The first kappa shape index (κ1) is 9.71. The molecule has 2 heterocycles. The van der Waals surface area contributed by atoms with E-state index in [2.05, 4.69) is 29.1 Å². The Labute approximate surface area is 85.3 Å². The molecule has 0 aromatic carbocycles. The fourth-order valence-corrected chi connectivity index (χ4v) is 2.08. The van der Waals surface area contributed by atoms with E-state index in [9.17, 15) is 0 Å². The fraction of sp³-hybridized carbons (Fsp3) is 0.727. The average molecular weight is 193 g/mol. The van der Waals surface area contributed by atoms with Crippen LogP contribution in [-0.2, 0) is 6.42 Å². The molecule has 1 aliphatic heterocycles. The zero-order valence-corrected chi connectivity index (χ0v) is 9.06. The molecule has 1 aromatic heterocycles. The van der Waals surface area contributed by atoms with Crippen molar-refractivity contribution >= 4 is 0 Å². The maximum absolute atomic E-state index is 4.66. The van der Waals surface area contributed by atoms with E-state index in [0.717, 1.165) is 18.8 Å². The van der Waals surface area contributed by atoms with Gasteiger partial charge in [-0.05, 0) is 32.7 Å². The quantitative estimate of drug-likeness (QED) is 0.771. The van der Waals surface area contributed by atoms with Crippen LogP contribution < -0.4 is 5.32 Å². The second-order valence-electron chi connectivity index (χ2n) is 4.09. The number of imidazole rings is 1. The molecule has 1 fully saturated rings. The largest absolute Gasteiger partial charge is 0.345 e. The van der Waals surface area contributed by atoms with Crippen molar-refractivity contribution in [3.8, 4) is 0 Å². The van der Waals surface area contributed by atoms with Gasteiger partial charge in [-0.1, -0.05) is 13.3 Å². The van der Waals surface area contributed by atoms with E-state index in [-0.39, 0.29) is 0 Å². The van der Waals surface area contributed by atoms with Crippen LogP contribution in [0.4, 0.5) is 0 Å². The molecule has 2 rings (SSSR count). The molecular weight excluding hydrogens is 174 g/mol. The molecule has 3 heteroatoms. The Hall–Kier alpha value is -0.830. The summed E-state index contributed by atoms with van der Waals surface area (Å²) >= 11 is 0. The lowest BCUT2D eigenvalue weighted by atomic mass is 10.2. The summed E-state index contributed by atoms with van der Waals surface area (Å²) in [7, 11) is 0. The van der Waals surface area contributed by atoms with Crippen LogP contribution in [0.15, 0.2) is 0 Å². The number of aromatic amines is 1. The maximum atomic E-state index is 4.66. The molecule has 1 unspecified atom stereocenters. The van der Waals surface area contributed by atoms with E-state index in [0.29, 0.717) is 6.04 Å². The van der Waals surface area contributed by atoms with Crippen LogP contribution in [0.3, 0.4) is 0 Å². The van der Waals surface area contributed by atoms with E-state index in [1.54, 1.807) is 0 Å². The monoisotopic (exact) mass is 193 g/mol. The van der Waals surface area contributed by atoms with Crippen LogP contribution in [0.25, 0.3) is 0 Å². The summed E-state index contributed by atoms with van der Waals surface area (Å²) in [6.45, 7) is 5.45. The van der Waals surface area contributed by atoms with E-state index < -0.39 is 0 Å². The van der Waals surface area contributed by atoms with Gasteiger partial charge >= 0.3 is 0 Å². The molecule has 1 aliphatic rings. The molecule has 0 radical (unpaired) electrons. The van der Waals surface area contributed by atoms with Crippen molar-refractivity contribution < 1.29 is 0 Å². The van der Waals surface area contributed by atoms with Crippen molar-refractivity contribution in [2.24, 2.45) is 0 Å². The normalized spacial score (nSPS) is 21.7. The van der Waals surface area contributed by atoms with Gasteiger partial charge in [-0.2, -0.15) is 0 Å². The molecule has 0 spiro atoms. The summed E-state index contributed by atoms with van der Waals surface area (Å²) in [5, 5.41) is 3.46. The first-order valence-electron chi connectivity index (χ1n) is 5.60. The Bertz CT molecular complexity index is 297. The van der Waals surface area contributed by atoms with Gasteiger partial charge in [-0.15, -0.1) is 0 Å². The molecule has 1 atom stereocenters. The highest BCUT2D eigenvalue weighted by Gasteiger charge is 2.19. The Morgan fingerprint density at radius 1 is 1.50 bits per heavy atom. The fourth-order valence-electron chi connectivity index (χ4n) is 2.08. The van der Waals surface area contributed by atoms with Crippen LogP contribution in [0.1, 0.15) is 49.4 Å². The summed E-state index contributed by atoms with van der Waals surface area (Å²) in [5.74, 6) is 1.14. The Balaban J connectivity index is 2.14. The summed E-state index contributed by atoms with van der Waals surface area (Å²) < 4.78 is 0. The van der Waals surface area contributed by atoms with Gasteiger partial charge in [0.05, 0.1) is 11.7 Å². The molecule has 1 aromatic rings. The van der Waals surface area contributed by atoms with Gasteiger partial charge < -0.3 is 10.3 Å². The van der Waals surface area contributed by atoms with Gasteiger partial charge in [0.2, 0.25) is 0 Å². The third-order valence-electron chi connectivity index (χ3n) is 2.88. The molecule has 2 N–H and O–H groups in total. The standard InChI is InChI=1S/C11H19N3/c1-3-5-9-8(2)13-11(14-9)10-6-4-7-12-10/h10,12H,3-7H2,1-2H3,(H,13,14). The SMILES string of the molecule is CCCc1nc(C2CCCN2)[nH]c1C. The molecule has 14 heavy (non-hydrogen) atoms. The zero-order chi connectivity index (χ0) is 9.97. The minimum Gasteiger partial charge on any atom is -0.345 e. The maximum Gasteiger partial charge on any atom is 0.123 e. The second kappa shape index (κ2) is 4.13. The first-order valence-corrected chi connectivity index (χ1v) is 5.60. The van der Waals surface area contributed by atoms with Crippen LogP contribution in [0.5, 0.6) is 0 Å². The van der Waals surface area contributed by atoms with Crippen molar-refractivity contribution in [3.63, 3.8) is 0 Å². The highest BCUT2D eigenvalue weighted by molar-refractivity contribution is 5.15. The molecule has 0 aliphatic carbocycles. The highest BCUT2D eigenvalue weighted by atomic mass is 15.0. The lowest BCUT2D eigenvalue weighted by molar-refractivity contribution is 0.610. The van der Waals surface area contributed by atoms with Gasteiger partial charge in [0.1, 0.15) is 5.82 Å². The molecule has 1 saturated heterocycles. The third kappa shape index (κ3) is 1.82. The molecule has 78 valence electrons. The number of nitrogens with one attached hydrogen (secondary N) is 2. The Morgan fingerprint density at radius 3 is 3.00 bits per heavy atom. The van der Waals surface area contributed by atoms with E-state index in [1.807, 2.05) is 0 Å². The summed E-state index contributed by atoms with van der Waals surface area (Å²) in [5.41, 5.74) is 2.49. The predicted molar refractivity (Wildman–Crippen MR) is 57.3 cm³/mol. The van der Waals surface area contributed by atoms with Crippen LogP contribution >= 0.6 is 0 Å². The van der Waals surface area contributed by atoms with Gasteiger partial charge in [0, 0.05) is 5.69 Å². The number of H-pyrrole nitrogens is 1. The van der Waals surface area contributed by atoms with E-state index >= 15 is 0 Å². The molecule has 0 bridgehead atoms. The topological polar surface area (TPSA) is 40.7 Å². The van der Waals surface area contributed by atoms with E-state index in [1.165, 1.54) is 30.7 Å². The van der Waals surface area contributed by atoms with E-state index in [4.69, 9.17) is 0 Å². The first-order chi connectivity index (χ1) is 6.81. The van der Waals surface area contributed by atoms with Crippen molar-refractivity contribution in [2.45, 2.75) is 45.6 Å². The Kier molecular flexibility index (Phi) is 2.87. The van der Waals surface area contributed by atoms with Gasteiger partial charge in [0.25, 0.3) is 0 Å². The smallest absolute Gasteiger partial charge is 0.123 e. The predicted octanol–water partition coefficient (Wildman–Crippen LogP) is 2.10. The lowest BCUT2D eigenvalue weighted by Crippen LogP contribution is -2.14. The van der Waals surface area contributed by atoms with Crippen molar-refractivity contribution in [3.05, 3.63) is 17.2 Å². The van der Waals surface area contributed by atoms with Gasteiger partial charge in [0.15, 0.2) is 0 Å². The highest BCUT2D eigenvalue weighted by Crippen LogP contribution is 2.21. The van der Waals surface area contributed by atoms with Crippen LogP contribution in [0.2, 0.25) is 0 Å². The van der Waals surface area contributed by atoms with Crippen molar-refractivity contribution in [1.29, 1.82) is 0 Å². The molecular formula is C11H19N3. The zero-order valence-electron chi connectivity index (χ0n) is 9.06. The van der Waals surface area contributed by atoms with Gasteiger partial charge in [-0.25, -0.2) is 4.98 Å². The minimum atomic E-state index is 0.472. The number of nitrogens with zero attached hydrogens (tertiary/aromatic N) is 1. The molecule has 0 saturated carbocycles. The van der Waals surface area contributed by atoms with Crippen LogP contribution in [-0.4, -0.2) is 16.5 Å².